The first-order valence-electron chi connectivity index (χ1n) is 7.93. The van der Waals surface area contributed by atoms with E-state index in [1.807, 2.05) is 44.5 Å². The van der Waals surface area contributed by atoms with E-state index in [9.17, 15) is 4.79 Å². The number of nitrogens with zero attached hydrogens (tertiary/aromatic N) is 2. The Balaban J connectivity index is 1.85. The Labute approximate surface area is 157 Å². The van der Waals surface area contributed by atoms with Crippen LogP contribution in [-0.2, 0) is 6.54 Å². The molecule has 1 aromatic heterocycles. The first kappa shape index (κ1) is 17.8. The van der Waals surface area contributed by atoms with Crippen molar-refractivity contribution in [2.24, 2.45) is 0 Å². The Bertz CT molecular complexity index is 925. The van der Waals surface area contributed by atoms with E-state index >= 15 is 0 Å². The minimum Gasteiger partial charge on any atom is -0.337 e. The average Bonchev–Trinajstić information content (AvgIpc) is 2.61. The third-order valence-corrected chi connectivity index (χ3v) is 5.10. The second-order valence-electron chi connectivity index (χ2n) is 5.97. The molecule has 0 saturated heterocycles. The van der Waals surface area contributed by atoms with Crippen molar-refractivity contribution in [3.63, 3.8) is 0 Å². The molecule has 128 valence electrons. The predicted molar refractivity (Wildman–Crippen MR) is 106 cm³/mol. The number of pyridine rings is 1. The number of rotatable bonds is 4. The molecule has 0 aliphatic rings. The number of carbonyl (C=O) groups is 1. The Hall–Kier alpha value is -2.04. The van der Waals surface area contributed by atoms with Gasteiger partial charge in [0.1, 0.15) is 0 Å². The second kappa shape index (κ2) is 7.46. The first-order valence-corrected chi connectivity index (χ1v) is 9.53. The molecule has 0 N–H and O–H groups in total. The molecular weight excluding hydrogens is 352 g/mol. The second-order valence-corrected chi connectivity index (χ2v) is 7.28. The molecule has 0 fully saturated rings. The van der Waals surface area contributed by atoms with Gasteiger partial charge in [-0.15, -0.1) is 11.8 Å². The average molecular weight is 371 g/mol. The number of halogens is 1. The number of thioether (sulfide) groups is 1. The van der Waals surface area contributed by atoms with E-state index in [0.717, 1.165) is 22.2 Å². The Morgan fingerprint density at radius 2 is 1.88 bits per heavy atom. The fraction of sp³-hybridized carbons (Fsp3) is 0.200. The fourth-order valence-corrected chi connectivity index (χ4v) is 3.33. The van der Waals surface area contributed by atoms with Crippen molar-refractivity contribution in [3.05, 3.63) is 70.4 Å². The zero-order chi connectivity index (χ0) is 18.0. The molecule has 0 saturated carbocycles. The van der Waals surface area contributed by atoms with E-state index < -0.39 is 0 Å². The van der Waals surface area contributed by atoms with Gasteiger partial charge in [-0.25, -0.2) is 0 Å². The zero-order valence-electron chi connectivity index (χ0n) is 14.4. The summed E-state index contributed by atoms with van der Waals surface area (Å²) in [5, 5.41) is 1.51. The number of hydrogen-bond acceptors (Lipinski definition) is 3. The van der Waals surface area contributed by atoms with E-state index in [-0.39, 0.29) is 5.91 Å². The Morgan fingerprint density at radius 3 is 2.56 bits per heavy atom. The van der Waals surface area contributed by atoms with Gasteiger partial charge in [-0.05, 0) is 55.1 Å². The first-order chi connectivity index (χ1) is 12.0. The van der Waals surface area contributed by atoms with Gasteiger partial charge in [0, 0.05) is 28.9 Å². The molecule has 3 aromatic rings. The highest BCUT2D eigenvalue weighted by Gasteiger charge is 2.16. The third-order valence-electron chi connectivity index (χ3n) is 4.12. The summed E-state index contributed by atoms with van der Waals surface area (Å²) in [6.45, 7) is 2.42. The molecule has 1 heterocycles. The highest BCUT2D eigenvalue weighted by molar-refractivity contribution is 7.98. The summed E-state index contributed by atoms with van der Waals surface area (Å²) in [5.41, 5.74) is 3.28. The van der Waals surface area contributed by atoms with Crippen molar-refractivity contribution in [2.45, 2.75) is 18.4 Å². The van der Waals surface area contributed by atoms with Crippen LogP contribution in [0.4, 0.5) is 0 Å². The van der Waals surface area contributed by atoms with Crippen molar-refractivity contribution in [2.75, 3.05) is 13.3 Å². The highest BCUT2D eigenvalue weighted by Crippen LogP contribution is 2.22. The topological polar surface area (TPSA) is 33.2 Å². The van der Waals surface area contributed by atoms with Gasteiger partial charge < -0.3 is 4.90 Å². The van der Waals surface area contributed by atoms with Crippen molar-refractivity contribution < 1.29 is 4.79 Å². The monoisotopic (exact) mass is 370 g/mol. The van der Waals surface area contributed by atoms with Gasteiger partial charge in [0.2, 0.25) is 0 Å². The molecular formula is C20H19ClN2OS. The molecule has 5 heteroatoms. The van der Waals surface area contributed by atoms with Gasteiger partial charge in [-0.1, -0.05) is 23.7 Å². The molecule has 1 amide bonds. The number of amides is 1. The van der Waals surface area contributed by atoms with Crippen LogP contribution in [0, 0.1) is 6.92 Å². The number of hydrogen-bond donors (Lipinski definition) is 0. The lowest BCUT2D eigenvalue weighted by Crippen LogP contribution is -2.27. The third kappa shape index (κ3) is 3.97. The normalized spacial score (nSPS) is 10.9. The number of aromatic nitrogens is 1. The van der Waals surface area contributed by atoms with Gasteiger partial charge in [0.15, 0.2) is 0 Å². The fourth-order valence-electron chi connectivity index (χ4n) is 2.74. The van der Waals surface area contributed by atoms with Crippen LogP contribution in [0.1, 0.15) is 21.6 Å². The lowest BCUT2D eigenvalue weighted by atomic mass is 10.1. The molecule has 0 atom stereocenters. The summed E-state index contributed by atoms with van der Waals surface area (Å²) < 4.78 is 0. The highest BCUT2D eigenvalue weighted by atomic mass is 35.5. The summed E-state index contributed by atoms with van der Waals surface area (Å²) in [6.07, 6.45) is 2.05. The van der Waals surface area contributed by atoms with Gasteiger partial charge in [0.05, 0.1) is 16.8 Å². The van der Waals surface area contributed by atoms with Crippen LogP contribution in [0.5, 0.6) is 0 Å². The molecule has 2 aromatic carbocycles. The van der Waals surface area contributed by atoms with E-state index in [0.29, 0.717) is 17.1 Å². The number of carbonyl (C=O) groups excluding carboxylic acids is 1. The largest absolute Gasteiger partial charge is 0.337 e. The standard InChI is InChI=1S/C20H19ClN2OS/c1-13-18(11-15-10-16(21)6-9-19(15)22-13)20(24)23(2)12-14-4-7-17(25-3)8-5-14/h4-11H,12H2,1-3H3. The summed E-state index contributed by atoms with van der Waals surface area (Å²) >= 11 is 7.76. The lowest BCUT2D eigenvalue weighted by Gasteiger charge is -2.19. The molecule has 0 bridgehead atoms. The molecule has 0 unspecified atom stereocenters. The van der Waals surface area contributed by atoms with Crippen LogP contribution in [0.15, 0.2) is 53.4 Å². The molecule has 25 heavy (non-hydrogen) atoms. The van der Waals surface area contributed by atoms with E-state index in [1.165, 1.54) is 4.90 Å². The van der Waals surface area contributed by atoms with E-state index in [4.69, 9.17) is 11.6 Å². The van der Waals surface area contributed by atoms with Crippen LogP contribution in [0.25, 0.3) is 10.9 Å². The van der Waals surface area contributed by atoms with Crippen LogP contribution in [-0.4, -0.2) is 29.1 Å². The maximum Gasteiger partial charge on any atom is 0.255 e. The summed E-state index contributed by atoms with van der Waals surface area (Å²) in [7, 11) is 1.81. The number of benzene rings is 2. The minimum absolute atomic E-state index is 0.0409. The number of aryl methyl sites for hydroxylation is 1. The molecule has 0 aliphatic heterocycles. The zero-order valence-corrected chi connectivity index (χ0v) is 16.0. The molecule has 3 nitrogen and oxygen atoms in total. The van der Waals surface area contributed by atoms with Crippen LogP contribution in [0.3, 0.4) is 0 Å². The summed E-state index contributed by atoms with van der Waals surface area (Å²) in [5.74, 6) is -0.0409. The van der Waals surface area contributed by atoms with Gasteiger partial charge in [0.25, 0.3) is 5.91 Å². The van der Waals surface area contributed by atoms with Gasteiger partial charge >= 0.3 is 0 Å². The van der Waals surface area contributed by atoms with E-state index in [2.05, 4.69) is 29.2 Å². The van der Waals surface area contributed by atoms with Crippen LogP contribution >= 0.6 is 23.4 Å². The maximum absolute atomic E-state index is 12.9. The molecule has 0 spiro atoms. The van der Waals surface area contributed by atoms with Crippen LogP contribution < -0.4 is 0 Å². The van der Waals surface area contributed by atoms with Crippen molar-refractivity contribution in [1.82, 2.24) is 9.88 Å². The van der Waals surface area contributed by atoms with E-state index in [1.54, 1.807) is 16.7 Å². The summed E-state index contributed by atoms with van der Waals surface area (Å²) in [6, 6.07) is 15.6. The van der Waals surface area contributed by atoms with Gasteiger partial charge in [-0.3, -0.25) is 9.78 Å². The Kier molecular flexibility index (Phi) is 5.30. The van der Waals surface area contributed by atoms with Gasteiger partial charge in [-0.2, -0.15) is 0 Å². The van der Waals surface area contributed by atoms with Crippen LogP contribution in [0.2, 0.25) is 5.02 Å². The summed E-state index contributed by atoms with van der Waals surface area (Å²) in [4.78, 5) is 20.3. The molecule has 0 aliphatic carbocycles. The minimum atomic E-state index is -0.0409. The quantitative estimate of drug-likeness (QED) is 0.592. The maximum atomic E-state index is 12.9. The predicted octanol–water partition coefficient (Wildman–Crippen LogP) is 5.19. The smallest absolute Gasteiger partial charge is 0.255 e. The molecule has 0 radical (unpaired) electrons. The Morgan fingerprint density at radius 1 is 1.16 bits per heavy atom. The van der Waals surface area contributed by atoms with Crippen molar-refractivity contribution >= 4 is 40.2 Å². The van der Waals surface area contributed by atoms with Crippen molar-refractivity contribution in [3.8, 4) is 0 Å². The van der Waals surface area contributed by atoms with Crippen molar-refractivity contribution in [1.29, 1.82) is 0 Å². The number of fused-ring (bicyclic) bond motifs is 1. The SMILES string of the molecule is CSc1ccc(CN(C)C(=O)c2cc3cc(Cl)ccc3nc2C)cc1. The molecule has 3 rings (SSSR count). The lowest BCUT2D eigenvalue weighted by molar-refractivity contribution is 0.0784.